The number of nitrogens with one attached hydrogen (secondary N) is 1. The van der Waals surface area contributed by atoms with E-state index in [1.807, 2.05) is 26.0 Å². The zero-order valence-electron chi connectivity index (χ0n) is 16.7. The zero-order valence-corrected chi connectivity index (χ0v) is 16.7. The Labute approximate surface area is 168 Å². The molecule has 0 atom stereocenters. The van der Waals surface area contributed by atoms with E-state index < -0.39 is 0 Å². The summed E-state index contributed by atoms with van der Waals surface area (Å²) in [6.45, 7) is 6.50. The fourth-order valence-corrected chi connectivity index (χ4v) is 3.42. The first-order chi connectivity index (χ1) is 14.1. The van der Waals surface area contributed by atoms with Crippen molar-refractivity contribution in [3.8, 4) is 11.3 Å². The van der Waals surface area contributed by atoms with Crippen LogP contribution in [-0.4, -0.2) is 39.7 Å². The molecule has 1 fully saturated rings. The third-order valence-electron chi connectivity index (χ3n) is 5.28. The van der Waals surface area contributed by atoms with Crippen molar-refractivity contribution < 1.29 is 9.26 Å². The number of pyridine rings is 1. The lowest BCUT2D eigenvalue weighted by atomic mass is 10.0. The normalized spacial score (nSPS) is 14.8. The Bertz CT molecular complexity index is 1020. The Balaban J connectivity index is 1.49. The average Bonchev–Trinajstić information content (AvgIpc) is 3.10. The number of aromatic nitrogens is 4. The molecule has 1 aliphatic rings. The zero-order chi connectivity index (χ0) is 20.2. The number of anilines is 1. The third-order valence-corrected chi connectivity index (χ3v) is 5.28. The predicted octanol–water partition coefficient (Wildman–Crippen LogP) is 2.80. The lowest BCUT2D eigenvalue weighted by Gasteiger charge is -2.22. The fraction of sp³-hybridized carbons (Fsp3) is 0.429. The summed E-state index contributed by atoms with van der Waals surface area (Å²) in [5.41, 5.74) is 3.86. The lowest BCUT2D eigenvalue weighted by molar-refractivity contribution is 0.0699. The minimum absolute atomic E-state index is 0.171. The van der Waals surface area contributed by atoms with Crippen molar-refractivity contribution in [2.75, 3.05) is 25.1 Å². The highest BCUT2D eigenvalue weighted by atomic mass is 16.5. The van der Waals surface area contributed by atoms with Gasteiger partial charge in [-0.3, -0.25) is 9.78 Å². The van der Waals surface area contributed by atoms with Crippen LogP contribution in [0.25, 0.3) is 11.3 Å². The van der Waals surface area contributed by atoms with Crippen LogP contribution in [0.2, 0.25) is 0 Å². The molecule has 152 valence electrons. The smallest absolute Gasteiger partial charge is 0.269 e. The van der Waals surface area contributed by atoms with Crippen LogP contribution in [0.5, 0.6) is 0 Å². The molecule has 8 nitrogen and oxygen atoms in total. The molecule has 0 aliphatic carbocycles. The van der Waals surface area contributed by atoms with Crippen LogP contribution in [0, 0.1) is 19.8 Å². The summed E-state index contributed by atoms with van der Waals surface area (Å²) in [6, 6.07) is 5.46. The van der Waals surface area contributed by atoms with Crippen LogP contribution >= 0.6 is 0 Å². The standard InChI is InChI=1S/C21H25N5O3/c1-14-3-4-17(11-22-14)21-19(15(2)29-25-21)13-26-20(27)9-18(12-24-26)23-10-16-5-7-28-8-6-16/h3-4,9,11-12,16,23H,5-8,10,13H2,1-2H3. The van der Waals surface area contributed by atoms with Gasteiger partial charge in [-0.25, -0.2) is 4.68 Å². The van der Waals surface area contributed by atoms with Crippen LogP contribution in [0.4, 0.5) is 5.69 Å². The van der Waals surface area contributed by atoms with E-state index in [0.29, 0.717) is 17.4 Å². The van der Waals surface area contributed by atoms with Crippen molar-refractivity contribution in [3.63, 3.8) is 0 Å². The Hall–Kier alpha value is -3.00. The number of ether oxygens (including phenoxy) is 1. The van der Waals surface area contributed by atoms with Gasteiger partial charge in [-0.05, 0) is 44.7 Å². The highest BCUT2D eigenvalue weighted by Crippen LogP contribution is 2.25. The summed E-state index contributed by atoms with van der Waals surface area (Å²) >= 11 is 0. The Morgan fingerprint density at radius 3 is 2.76 bits per heavy atom. The van der Waals surface area contributed by atoms with Gasteiger partial charge in [0, 0.05) is 48.8 Å². The molecule has 1 N–H and O–H groups in total. The molecule has 0 radical (unpaired) electrons. The second-order valence-corrected chi connectivity index (χ2v) is 7.43. The first-order valence-corrected chi connectivity index (χ1v) is 9.87. The summed E-state index contributed by atoms with van der Waals surface area (Å²) in [5.74, 6) is 1.23. The van der Waals surface area contributed by atoms with Gasteiger partial charge in [0.05, 0.1) is 18.4 Å². The molecule has 0 aromatic carbocycles. The number of hydrogen-bond donors (Lipinski definition) is 1. The molecule has 4 heterocycles. The van der Waals surface area contributed by atoms with Gasteiger partial charge in [0.15, 0.2) is 0 Å². The van der Waals surface area contributed by atoms with Gasteiger partial charge in [0.25, 0.3) is 5.56 Å². The van der Waals surface area contributed by atoms with Gasteiger partial charge in [0.2, 0.25) is 0 Å². The second-order valence-electron chi connectivity index (χ2n) is 7.43. The van der Waals surface area contributed by atoms with E-state index in [9.17, 15) is 4.79 Å². The van der Waals surface area contributed by atoms with E-state index in [2.05, 4.69) is 20.6 Å². The third kappa shape index (κ3) is 4.54. The van der Waals surface area contributed by atoms with Gasteiger partial charge < -0.3 is 14.6 Å². The fourth-order valence-electron chi connectivity index (χ4n) is 3.42. The van der Waals surface area contributed by atoms with E-state index >= 15 is 0 Å². The molecule has 29 heavy (non-hydrogen) atoms. The average molecular weight is 395 g/mol. The van der Waals surface area contributed by atoms with Crippen LogP contribution in [0.3, 0.4) is 0 Å². The molecule has 0 unspecified atom stereocenters. The summed E-state index contributed by atoms with van der Waals surface area (Å²) in [4.78, 5) is 16.9. The van der Waals surface area contributed by atoms with Gasteiger partial charge in [-0.1, -0.05) is 5.16 Å². The molecule has 8 heteroatoms. The van der Waals surface area contributed by atoms with Crippen molar-refractivity contribution in [1.82, 2.24) is 19.9 Å². The van der Waals surface area contributed by atoms with E-state index in [1.165, 1.54) is 4.68 Å². The molecule has 0 saturated carbocycles. The van der Waals surface area contributed by atoms with E-state index in [0.717, 1.165) is 55.1 Å². The van der Waals surface area contributed by atoms with Crippen molar-refractivity contribution in [1.29, 1.82) is 0 Å². The van der Waals surface area contributed by atoms with E-state index in [4.69, 9.17) is 9.26 Å². The Kier molecular flexibility index (Phi) is 5.71. The largest absolute Gasteiger partial charge is 0.383 e. The van der Waals surface area contributed by atoms with Crippen molar-refractivity contribution in [3.05, 3.63) is 58.0 Å². The predicted molar refractivity (Wildman–Crippen MR) is 109 cm³/mol. The topological polar surface area (TPSA) is 95.1 Å². The molecule has 0 bridgehead atoms. The number of hydrogen-bond acceptors (Lipinski definition) is 7. The van der Waals surface area contributed by atoms with Crippen molar-refractivity contribution >= 4 is 5.69 Å². The lowest BCUT2D eigenvalue weighted by Crippen LogP contribution is -2.26. The SMILES string of the molecule is Cc1ccc(-c2noc(C)c2Cn2ncc(NCC3CCOCC3)cc2=O)cn1. The minimum Gasteiger partial charge on any atom is -0.383 e. The summed E-state index contributed by atoms with van der Waals surface area (Å²) in [5, 5.41) is 11.8. The van der Waals surface area contributed by atoms with Crippen LogP contribution < -0.4 is 10.9 Å². The first kappa shape index (κ1) is 19.3. The number of nitrogens with zero attached hydrogens (tertiary/aromatic N) is 4. The summed E-state index contributed by atoms with van der Waals surface area (Å²) < 4.78 is 12.2. The van der Waals surface area contributed by atoms with E-state index in [-0.39, 0.29) is 12.1 Å². The highest BCUT2D eigenvalue weighted by molar-refractivity contribution is 5.62. The monoisotopic (exact) mass is 395 g/mol. The van der Waals surface area contributed by atoms with Gasteiger partial charge in [0.1, 0.15) is 11.5 Å². The molecule has 3 aromatic heterocycles. The summed E-state index contributed by atoms with van der Waals surface area (Å²) in [7, 11) is 0. The maximum absolute atomic E-state index is 12.6. The first-order valence-electron chi connectivity index (χ1n) is 9.87. The molecule has 4 rings (SSSR count). The molecule has 1 saturated heterocycles. The Morgan fingerprint density at radius 1 is 1.21 bits per heavy atom. The van der Waals surface area contributed by atoms with E-state index in [1.54, 1.807) is 18.5 Å². The maximum Gasteiger partial charge on any atom is 0.269 e. The highest BCUT2D eigenvalue weighted by Gasteiger charge is 2.17. The molecular weight excluding hydrogens is 370 g/mol. The molecule has 3 aromatic rings. The minimum atomic E-state index is -0.171. The van der Waals surface area contributed by atoms with Crippen molar-refractivity contribution in [2.45, 2.75) is 33.2 Å². The molecule has 0 amide bonds. The maximum atomic E-state index is 12.6. The summed E-state index contributed by atoms with van der Waals surface area (Å²) in [6.07, 6.45) is 5.54. The molecule has 1 aliphatic heterocycles. The molecular formula is C21H25N5O3. The quantitative estimate of drug-likeness (QED) is 0.686. The molecule has 0 spiro atoms. The van der Waals surface area contributed by atoms with Crippen molar-refractivity contribution in [2.24, 2.45) is 5.92 Å². The number of aryl methyl sites for hydroxylation is 2. The van der Waals surface area contributed by atoms with Gasteiger partial charge in [-0.15, -0.1) is 0 Å². The van der Waals surface area contributed by atoms with Crippen LogP contribution in [0.1, 0.15) is 29.9 Å². The van der Waals surface area contributed by atoms with Crippen LogP contribution in [0.15, 0.2) is 39.9 Å². The number of rotatable bonds is 6. The second kappa shape index (κ2) is 8.57. The van der Waals surface area contributed by atoms with Gasteiger partial charge in [-0.2, -0.15) is 5.10 Å². The Morgan fingerprint density at radius 2 is 2.03 bits per heavy atom. The van der Waals surface area contributed by atoms with Gasteiger partial charge >= 0.3 is 0 Å². The van der Waals surface area contributed by atoms with Crippen LogP contribution in [-0.2, 0) is 11.3 Å².